The number of benzene rings is 2. The third-order valence-electron chi connectivity index (χ3n) is 4.63. The maximum atomic E-state index is 13.2. The van der Waals surface area contributed by atoms with Gasteiger partial charge in [0.2, 0.25) is 5.91 Å². The molecule has 1 amide bonds. The number of ether oxygens (including phenoxy) is 1. The fraction of sp³-hybridized carbons (Fsp3) is 0.318. The lowest BCUT2D eigenvalue weighted by Crippen LogP contribution is -2.31. The number of unbranched alkanes of at least 4 members (excludes halogenated alkanes) is 1. The molecule has 0 spiro atoms. The Kier molecular flexibility index (Phi) is 8.04. The monoisotopic (exact) mass is 491 g/mol. The van der Waals surface area contributed by atoms with Crippen LogP contribution in [0.1, 0.15) is 37.3 Å². The molecule has 1 saturated heterocycles. The van der Waals surface area contributed by atoms with Crippen molar-refractivity contribution in [1.29, 1.82) is 0 Å². The highest BCUT2D eigenvalue weighted by atomic mass is 79.9. The zero-order chi connectivity index (χ0) is 21.5. The Morgan fingerprint density at radius 3 is 2.73 bits per heavy atom. The Hall–Kier alpha value is -2.19. The predicted octanol–water partition coefficient (Wildman–Crippen LogP) is 5.62. The summed E-state index contributed by atoms with van der Waals surface area (Å²) < 4.78 is 19.5. The van der Waals surface area contributed by atoms with Crippen LogP contribution in [0.15, 0.2) is 57.1 Å². The van der Waals surface area contributed by atoms with Gasteiger partial charge in [0.1, 0.15) is 11.6 Å². The first-order valence-corrected chi connectivity index (χ1v) is 11.4. The fourth-order valence-corrected chi connectivity index (χ4v) is 4.55. The molecule has 8 heteroatoms. The number of thioether (sulfide) groups is 1. The first kappa shape index (κ1) is 22.5. The van der Waals surface area contributed by atoms with Crippen molar-refractivity contribution in [3.63, 3.8) is 0 Å². The average molecular weight is 492 g/mol. The highest BCUT2D eigenvalue weighted by Gasteiger charge is 2.37. The number of carbonyl (C=O) groups is 1. The summed E-state index contributed by atoms with van der Waals surface area (Å²) in [5, 5.41) is 8.94. The molecule has 0 bridgehead atoms. The van der Waals surface area contributed by atoms with Crippen molar-refractivity contribution in [3.05, 3.63) is 63.9 Å². The van der Waals surface area contributed by atoms with Crippen LogP contribution < -0.4 is 4.74 Å². The highest BCUT2D eigenvalue weighted by molar-refractivity contribution is 9.10. The molecule has 2 aromatic rings. The highest BCUT2D eigenvalue weighted by Crippen LogP contribution is 2.32. The second-order valence-electron chi connectivity index (χ2n) is 6.81. The summed E-state index contributed by atoms with van der Waals surface area (Å²) in [6, 6.07) is 11.8. The molecule has 0 saturated carbocycles. The first-order chi connectivity index (χ1) is 14.5. The normalized spacial score (nSPS) is 18.0. The summed E-state index contributed by atoms with van der Waals surface area (Å²) in [6.45, 7) is 2.44. The molecule has 0 aliphatic carbocycles. The van der Waals surface area contributed by atoms with E-state index in [0.29, 0.717) is 17.5 Å². The van der Waals surface area contributed by atoms with Gasteiger partial charge >= 0.3 is 0 Å². The SMILES string of the molecule is CCCCC1S/C(=N/N=C/c2cc(Br)ccc2OC)N(Cc2ccc(F)cc2)C1=O. The molecule has 3 rings (SSSR count). The molecule has 2 aromatic carbocycles. The van der Waals surface area contributed by atoms with E-state index in [2.05, 4.69) is 33.1 Å². The fourth-order valence-electron chi connectivity index (χ4n) is 3.02. The molecule has 0 aromatic heterocycles. The van der Waals surface area contributed by atoms with Crippen LogP contribution in [-0.2, 0) is 11.3 Å². The number of hydrogen-bond acceptors (Lipinski definition) is 5. The van der Waals surface area contributed by atoms with E-state index in [4.69, 9.17) is 4.74 Å². The van der Waals surface area contributed by atoms with E-state index in [1.165, 1.54) is 23.9 Å². The molecule has 1 unspecified atom stereocenters. The van der Waals surface area contributed by atoms with Gasteiger partial charge in [0, 0.05) is 10.0 Å². The third-order valence-corrected chi connectivity index (χ3v) is 6.35. The van der Waals surface area contributed by atoms with E-state index in [1.807, 2.05) is 18.2 Å². The van der Waals surface area contributed by atoms with Crippen LogP contribution in [0.25, 0.3) is 0 Å². The Labute approximate surface area is 188 Å². The Morgan fingerprint density at radius 2 is 2.03 bits per heavy atom. The standard InChI is InChI=1S/C22H23BrFN3O2S/c1-3-4-5-20-21(28)27(14-15-6-9-18(24)10-7-15)22(30-20)26-25-13-16-12-17(23)8-11-19(16)29-2/h6-13,20H,3-5,14H2,1-2H3/b25-13+,26-22+. The van der Waals surface area contributed by atoms with Crippen LogP contribution >= 0.6 is 27.7 Å². The summed E-state index contributed by atoms with van der Waals surface area (Å²) in [4.78, 5) is 14.6. The maximum Gasteiger partial charge on any atom is 0.242 e. The topological polar surface area (TPSA) is 54.3 Å². The Morgan fingerprint density at radius 1 is 1.27 bits per heavy atom. The molecular weight excluding hydrogens is 469 g/mol. The van der Waals surface area contributed by atoms with Gasteiger partial charge < -0.3 is 4.74 Å². The number of halogens is 2. The van der Waals surface area contributed by atoms with Crippen LogP contribution in [0.3, 0.4) is 0 Å². The molecule has 1 atom stereocenters. The molecule has 158 valence electrons. The zero-order valence-corrected chi connectivity index (χ0v) is 19.2. The van der Waals surface area contributed by atoms with Crippen molar-refractivity contribution in [2.24, 2.45) is 10.2 Å². The minimum absolute atomic E-state index is 0.0201. The first-order valence-electron chi connectivity index (χ1n) is 9.69. The Bertz CT molecular complexity index is 950. The van der Waals surface area contributed by atoms with Crippen molar-refractivity contribution in [3.8, 4) is 5.75 Å². The van der Waals surface area contributed by atoms with Crippen molar-refractivity contribution >= 4 is 45.0 Å². The lowest BCUT2D eigenvalue weighted by Gasteiger charge is -2.16. The molecule has 1 heterocycles. The zero-order valence-electron chi connectivity index (χ0n) is 16.8. The predicted molar refractivity (Wildman–Crippen MR) is 124 cm³/mol. The van der Waals surface area contributed by atoms with Crippen molar-refractivity contribution in [2.75, 3.05) is 7.11 Å². The minimum Gasteiger partial charge on any atom is -0.496 e. The summed E-state index contributed by atoms with van der Waals surface area (Å²) in [6.07, 6.45) is 4.40. The van der Waals surface area contributed by atoms with Gasteiger partial charge in [0.05, 0.1) is 25.1 Å². The quantitative estimate of drug-likeness (QED) is 0.355. The number of methoxy groups -OCH3 is 1. The molecule has 1 aliphatic rings. The van der Waals surface area contributed by atoms with Crippen molar-refractivity contribution in [1.82, 2.24) is 4.90 Å². The molecular formula is C22H23BrFN3O2S. The van der Waals surface area contributed by atoms with Gasteiger partial charge in [0.15, 0.2) is 5.17 Å². The summed E-state index contributed by atoms with van der Waals surface area (Å²) in [7, 11) is 1.60. The summed E-state index contributed by atoms with van der Waals surface area (Å²) in [5.74, 6) is 0.399. The lowest BCUT2D eigenvalue weighted by molar-refractivity contribution is -0.126. The van der Waals surface area contributed by atoms with Crippen LogP contribution in [-0.4, -0.2) is 34.5 Å². The number of nitrogens with zero attached hydrogens (tertiary/aromatic N) is 3. The Balaban J connectivity index is 1.83. The maximum absolute atomic E-state index is 13.2. The van der Waals surface area contributed by atoms with Gasteiger partial charge in [-0.25, -0.2) is 4.39 Å². The smallest absolute Gasteiger partial charge is 0.242 e. The van der Waals surface area contributed by atoms with Gasteiger partial charge in [0.25, 0.3) is 0 Å². The van der Waals surface area contributed by atoms with Crippen molar-refractivity contribution in [2.45, 2.75) is 38.0 Å². The second-order valence-corrected chi connectivity index (χ2v) is 8.90. The van der Waals surface area contributed by atoms with Gasteiger partial charge in [-0.05, 0) is 42.3 Å². The number of carbonyl (C=O) groups excluding carboxylic acids is 1. The molecule has 0 N–H and O–H groups in total. The molecule has 1 fully saturated rings. The second kappa shape index (κ2) is 10.7. The molecule has 30 heavy (non-hydrogen) atoms. The van der Waals surface area contributed by atoms with Crippen molar-refractivity contribution < 1.29 is 13.9 Å². The number of amidine groups is 1. The van der Waals surface area contributed by atoms with E-state index in [1.54, 1.807) is 30.4 Å². The number of amides is 1. The number of rotatable bonds is 8. The van der Waals surface area contributed by atoms with Gasteiger partial charge in [-0.3, -0.25) is 9.69 Å². The van der Waals surface area contributed by atoms with E-state index >= 15 is 0 Å². The third kappa shape index (κ3) is 5.70. The number of hydrogen-bond donors (Lipinski definition) is 0. The van der Waals surface area contributed by atoms with Crippen LogP contribution in [0.4, 0.5) is 4.39 Å². The van der Waals surface area contributed by atoms with Gasteiger partial charge in [-0.1, -0.05) is 59.6 Å². The largest absolute Gasteiger partial charge is 0.496 e. The lowest BCUT2D eigenvalue weighted by atomic mass is 10.1. The molecule has 0 radical (unpaired) electrons. The van der Waals surface area contributed by atoms with Crippen LogP contribution in [0.2, 0.25) is 0 Å². The van der Waals surface area contributed by atoms with Gasteiger partial charge in [-0.15, -0.1) is 5.10 Å². The minimum atomic E-state index is -0.303. The average Bonchev–Trinajstić information content (AvgIpc) is 3.03. The van der Waals surface area contributed by atoms with E-state index in [9.17, 15) is 9.18 Å². The molecule has 1 aliphatic heterocycles. The van der Waals surface area contributed by atoms with E-state index < -0.39 is 0 Å². The van der Waals surface area contributed by atoms with Gasteiger partial charge in [-0.2, -0.15) is 5.10 Å². The van der Waals surface area contributed by atoms with E-state index in [0.717, 1.165) is 34.9 Å². The van der Waals surface area contributed by atoms with E-state index in [-0.39, 0.29) is 17.0 Å². The van der Waals surface area contributed by atoms with Crippen LogP contribution in [0.5, 0.6) is 5.75 Å². The van der Waals surface area contributed by atoms with Crippen LogP contribution in [0, 0.1) is 5.82 Å². The summed E-state index contributed by atoms with van der Waals surface area (Å²) in [5.41, 5.74) is 1.62. The summed E-state index contributed by atoms with van der Waals surface area (Å²) >= 11 is 4.87. The molecule has 5 nitrogen and oxygen atoms in total.